The molecule has 3 nitrogen and oxygen atoms in total. The SMILES string of the molecule is CN1CCSCC1C(N)CO. The summed E-state index contributed by atoms with van der Waals surface area (Å²) in [5.41, 5.74) is 5.73. The molecule has 1 aliphatic heterocycles. The quantitative estimate of drug-likeness (QED) is 0.587. The highest BCUT2D eigenvalue weighted by Crippen LogP contribution is 2.16. The third-order valence-corrected chi connectivity index (χ3v) is 3.20. The molecule has 3 N–H and O–H groups in total. The van der Waals surface area contributed by atoms with Crippen LogP contribution in [0.1, 0.15) is 0 Å². The van der Waals surface area contributed by atoms with Crippen LogP contribution < -0.4 is 5.73 Å². The number of thioether (sulfide) groups is 1. The van der Waals surface area contributed by atoms with Crippen molar-refractivity contribution < 1.29 is 5.11 Å². The van der Waals surface area contributed by atoms with Crippen LogP contribution in [0.3, 0.4) is 0 Å². The van der Waals surface area contributed by atoms with Gasteiger partial charge in [0.15, 0.2) is 0 Å². The molecule has 4 heteroatoms. The molecular weight excluding hydrogens is 160 g/mol. The van der Waals surface area contributed by atoms with Gasteiger partial charge in [0.25, 0.3) is 0 Å². The monoisotopic (exact) mass is 176 g/mol. The maximum Gasteiger partial charge on any atom is 0.0598 e. The third-order valence-electron chi connectivity index (χ3n) is 2.15. The first-order valence-corrected chi connectivity index (χ1v) is 5.05. The van der Waals surface area contributed by atoms with Crippen LogP contribution >= 0.6 is 11.8 Å². The van der Waals surface area contributed by atoms with Gasteiger partial charge in [-0.3, -0.25) is 0 Å². The zero-order chi connectivity index (χ0) is 8.27. The molecule has 1 saturated heterocycles. The van der Waals surface area contributed by atoms with Gasteiger partial charge in [0.2, 0.25) is 0 Å². The average molecular weight is 176 g/mol. The van der Waals surface area contributed by atoms with Crippen molar-refractivity contribution in [2.75, 3.05) is 31.7 Å². The molecule has 1 fully saturated rings. The van der Waals surface area contributed by atoms with Crippen LogP contribution in [0, 0.1) is 0 Å². The number of hydrogen-bond acceptors (Lipinski definition) is 4. The summed E-state index contributed by atoms with van der Waals surface area (Å²) in [6.45, 7) is 1.18. The van der Waals surface area contributed by atoms with Crippen LogP contribution in [0.2, 0.25) is 0 Å². The lowest BCUT2D eigenvalue weighted by atomic mass is 10.1. The van der Waals surface area contributed by atoms with E-state index in [1.807, 2.05) is 11.8 Å². The second-order valence-electron chi connectivity index (χ2n) is 2.97. The topological polar surface area (TPSA) is 49.5 Å². The molecule has 66 valence electrons. The Morgan fingerprint density at radius 1 is 1.82 bits per heavy atom. The number of nitrogens with zero attached hydrogens (tertiary/aromatic N) is 1. The Bertz CT molecular complexity index is 119. The number of nitrogens with two attached hydrogens (primary N) is 1. The van der Waals surface area contributed by atoms with Gasteiger partial charge < -0.3 is 15.7 Å². The van der Waals surface area contributed by atoms with Crippen molar-refractivity contribution in [1.29, 1.82) is 0 Å². The van der Waals surface area contributed by atoms with Gasteiger partial charge in [-0.05, 0) is 7.05 Å². The van der Waals surface area contributed by atoms with Gasteiger partial charge in [0, 0.05) is 30.1 Å². The minimum Gasteiger partial charge on any atom is -0.395 e. The van der Waals surface area contributed by atoms with Crippen molar-refractivity contribution in [3.05, 3.63) is 0 Å². The minimum atomic E-state index is -0.0761. The second-order valence-corrected chi connectivity index (χ2v) is 4.12. The Balaban J connectivity index is 2.40. The van der Waals surface area contributed by atoms with Crippen LogP contribution in [-0.4, -0.2) is 53.8 Å². The Kier molecular flexibility index (Phi) is 3.65. The molecule has 0 aromatic rings. The first kappa shape index (κ1) is 9.32. The van der Waals surface area contributed by atoms with Crippen molar-refractivity contribution in [2.24, 2.45) is 5.73 Å². The zero-order valence-corrected chi connectivity index (χ0v) is 7.68. The fourth-order valence-corrected chi connectivity index (χ4v) is 2.60. The standard InChI is InChI=1S/C7H16N2OS/c1-9-2-3-11-5-7(9)6(8)4-10/h6-7,10H,2-5,8H2,1H3. The van der Waals surface area contributed by atoms with Crippen molar-refractivity contribution in [3.63, 3.8) is 0 Å². The van der Waals surface area contributed by atoms with Gasteiger partial charge in [-0.2, -0.15) is 11.8 Å². The predicted molar refractivity (Wildman–Crippen MR) is 48.8 cm³/mol. The summed E-state index contributed by atoms with van der Waals surface area (Å²) in [4.78, 5) is 2.23. The second kappa shape index (κ2) is 4.30. The Labute approximate surface area is 71.9 Å². The lowest BCUT2D eigenvalue weighted by Gasteiger charge is -2.35. The van der Waals surface area contributed by atoms with Crippen molar-refractivity contribution in [1.82, 2.24) is 4.90 Å². The molecule has 2 unspecified atom stereocenters. The van der Waals surface area contributed by atoms with Crippen LogP contribution in [0.4, 0.5) is 0 Å². The van der Waals surface area contributed by atoms with Crippen LogP contribution in [0.15, 0.2) is 0 Å². The molecule has 1 heterocycles. The molecule has 2 atom stereocenters. The summed E-state index contributed by atoms with van der Waals surface area (Å²) in [5, 5.41) is 8.84. The number of rotatable bonds is 2. The molecule has 0 radical (unpaired) electrons. The van der Waals surface area contributed by atoms with Crippen LogP contribution in [-0.2, 0) is 0 Å². The van der Waals surface area contributed by atoms with Crippen molar-refractivity contribution in [3.8, 4) is 0 Å². The van der Waals surface area contributed by atoms with Crippen LogP contribution in [0.5, 0.6) is 0 Å². The molecule has 1 aliphatic rings. The molecule has 0 spiro atoms. The van der Waals surface area contributed by atoms with E-state index in [0.29, 0.717) is 6.04 Å². The summed E-state index contributed by atoms with van der Waals surface area (Å²) < 4.78 is 0. The van der Waals surface area contributed by atoms with Crippen molar-refractivity contribution >= 4 is 11.8 Å². The summed E-state index contributed by atoms with van der Waals surface area (Å²) in [7, 11) is 2.07. The van der Waals surface area contributed by atoms with E-state index in [9.17, 15) is 0 Å². The molecule has 0 saturated carbocycles. The predicted octanol–water partition coefficient (Wildman–Crippen LogP) is -0.647. The molecular formula is C7H16N2OS. The van der Waals surface area contributed by atoms with E-state index in [1.54, 1.807) is 0 Å². The van der Waals surface area contributed by atoms with E-state index in [1.165, 1.54) is 5.75 Å². The van der Waals surface area contributed by atoms with Gasteiger partial charge in [-0.1, -0.05) is 0 Å². The number of aliphatic hydroxyl groups excluding tert-OH is 1. The van der Waals surface area contributed by atoms with E-state index in [4.69, 9.17) is 10.8 Å². The maximum atomic E-state index is 8.84. The summed E-state index contributed by atoms with van der Waals surface area (Å²) >= 11 is 1.92. The van der Waals surface area contributed by atoms with Crippen LogP contribution in [0.25, 0.3) is 0 Å². The Morgan fingerprint density at radius 3 is 3.09 bits per heavy atom. The number of likely N-dealkylation sites (N-methyl/N-ethyl adjacent to an activating group) is 1. The molecule has 0 aromatic heterocycles. The highest BCUT2D eigenvalue weighted by molar-refractivity contribution is 7.99. The largest absolute Gasteiger partial charge is 0.395 e. The summed E-state index contributed by atoms with van der Waals surface area (Å²) in [6, 6.07) is 0.284. The summed E-state index contributed by atoms with van der Waals surface area (Å²) in [6.07, 6.45) is 0. The first-order chi connectivity index (χ1) is 5.25. The minimum absolute atomic E-state index is 0.0761. The fraction of sp³-hybridized carbons (Fsp3) is 1.00. The lowest BCUT2D eigenvalue weighted by molar-refractivity contribution is 0.175. The van der Waals surface area contributed by atoms with E-state index >= 15 is 0 Å². The summed E-state index contributed by atoms with van der Waals surface area (Å²) in [5.74, 6) is 2.24. The fourth-order valence-electron chi connectivity index (χ4n) is 1.28. The normalized spacial score (nSPS) is 30.3. The lowest BCUT2D eigenvalue weighted by Crippen LogP contribution is -2.52. The Morgan fingerprint density at radius 2 is 2.55 bits per heavy atom. The zero-order valence-electron chi connectivity index (χ0n) is 6.86. The highest BCUT2D eigenvalue weighted by Gasteiger charge is 2.24. The maximum absolute atomic E-state index is 8.84. The van der Waals surface area contributed by atoms with E-state index < -0.39 is 0 Å². The van der Waals surface area contributed by atoms with Crippen molar-refractivity contribution in [2.45, 2.75) is 12.1 Å². The molecule has 0 bridgehead atoms. The average Bonchev–Trinajstić information content (AvgIpc) is 2.04. The van der Waals surface area contributed by atoms with Gasteiger partial charge in [0.1, 0.15) is 0 Å². The third kappa shape index (κ3) is 2.33. The smallest absolute Gasteiger partial charge is 0.0598 e. The molecule has 11 heavy (non-hydrogen) atoms. The van der Waals surface area contributed by atoms with E-state index in [2.05, 4.69) is 11.9 Å². The first-order valence-electron chi connectivity index (χ1n) is 3.90. The van der Waals surface area contributed by atoms with Gasteiger partial charge in [-0.15, -0.1) is 0 Å². The molecule has 0 aliphatic carbocycles. The highest BCUT2D eigenvalue weighted by atomic mass is 32.2. The Hall–Kier alpha value is 0.230. The van der Waals surface area contributed by atoms with E-state index in [0.717, 1.165) is 12.3 Å². The molecule has 0 amide bonds. The van der Waals surface area contributed by atoms with Gasteiger partial charge in [0.05, 0.1) is 6.61 Å². The van der Waals surface area contributed by atoms with Gasteiger partial charge in [-0.25, -0.2) is 0 Å². The molecule has 1 rings (SSSR count). The number of hydrogen-bond donors (Lipinski definition) is 2. The molecule has 0 aromatic carbocycles. The number of aliphatic hydroxyl groups is 1. The van der Waals surface area contributed by atoms with Gasteiger partial charge >= 0.3 is 0 Å². The van der Waals surface area contributed by atoms with E-state index in [-0.39, 0.29) is 12.6 Å².